The summed E-state index contributed by atoms with van der Waals surface area (Å²) in [6.07, 6.45) is -4.42. The first kappa shape index (κ1) is 10.7. The molecule has 0 fully saturated rings. The van der Waals surface area contributed by atoms with Gasteiger partial charge in [0.1, 0.15) is 0 Å². The monoisotopic (exact) mass is 204 g/mol. The molecule has 0 aliphatic carbocycles. The van der Waals surface area contributed by atoms with Crippen molar-refractivity contribution in [2.45, 2.75) is 20.0 Å². The first-order chi connectivity index (χ1) is 6.25. The molecule has 5 heteroatoms. The van der Waals surface area contributed by atoms with Gasteiger partial charge in [0, 0.05) is 11.4 Å². The van der Waals surface area contributed by atoms with Gasteiger partial charge in [0.25, 0.3) is 0 Å². The number of halogens is 3. The third-order valence-corrected chi connectivity index (χ3v) is 2.16. The minimum Gasteiger partial charge on any atom is -0.398 e. The minimum absolute atomic E-state index is 0.0538. The third kappa shape index (κ3) is 1.62. The fraction of sp³-hybridized carbons (Fsp3) is 0.333. The van der Waals surface area contributed by atoms with Gasteiger partial charge >= 0.3 is 6.18 Å². The van der Waals surface area contributed by atoms with E-state index in [0.29, 0.717) is 0 Å². The number of nitrogen functional groups attached to an aromatic ring is 2. The largest absolute Gasteiger partial charge is 0.418 e. The molecule has 1 aromatic rings. The maximum Gasteiger partial charge on any atom is 0.418 e. The molecule has 0 spiro atoms. The third-order valence-electron chi connectivity index (χ3n) is 2.16. The number of alkyl halides is 3. The molecule has 78 valence electrons. The zero-order valence-corrected chi connectivity index (χ0v) is 7.87. The second kappa shape index (κ2) is 3.08. The highest BCUT2D eigenvalue weighted by Crippen LogP contribution is 2.39. The van der Waals surface area contributed by atoms with Crippen LogP contribution in [0, 0.1) is 13.8 Å². The Hall–Kier alpha value is -1.39. The molecule has 1 aromatic carbocycles. The Balaban J connectivity index is 3.53. The normalized spacial score (nSPS) is 11.8. The number of hydrogen-bond acceptors (Lipinski definition) is 2. The van der Waals surface area contributed by atoms with Crippen LogP contribution in [0.4, 0.5) is 24.5 Å². The number of benzene rings is 1. The summed E-state index contributed by atoms with van der Waals surface area (Å²) in [5.41, 5.74) is 10.4. The van der Waals surface area contributed by atoms with Gasteiger partial charge in [-0.1, -0.05) is 0 Å². The van der Waals surface area contributed by atoms with E-state index in [4.69, 9.17) is 11.5 Å². The Morgan fingerprint density at radius 2 is 1.64 bits per heavy atom. The van der Waals surface area contributed by atoms with Gasteiger partial charge in [0.05, 0.1) is 5.56 Å². The van der Waals surface area contributed by atoms with Gasteiger partial charge < -0.3 is 11.5 Å². The van der Waals surface area contributed by atoms with Crippen molar-refractivity contribution in [2.75, 3.05) is 11.5 Å². The first-order valence-corrected chi connectivity index (χ1v) is 3.97. The van der Waals surface area contributed by atoms with Crippen molar-refractivity contribution in [3.63, 3.8) is 0 Å². The van der Waals surface area contributed by atoms with Crippen molar-refractivity contribution < 1.29 is 13.2 Å². The van der Waals surface area contributed by atoms with E-state index >= 15 is 0 Å². The fourth-order valence-electron chi connectivity index (χ4n) is 1.35. The zero-order valence-electron chi connectivity index (χ0n) is 7.87. The molecule has 2 nitrogen and oxygen atoms in total. The Kier molecular flexibility index (Phi) is 2.35. The van der Waals surface area contributed by atoms with E-state index in [1.54, 1.807) is 0 Å². The Morgan fingerprint density at radius 1 is 1.14 bits per heavy atom. The first-order valence-electron chi connectivity index (χ1n) is 3.97. The van der Waals surface area contributed by atoms with Gasteiger partial charge in [-0.25, -0.2) is 0 Å². The molecule has 14 heavy (non-hydrogen) atoms. The summed E-state index contributed by atoms with van der Waals surface area (Å²) < 4.78 is 37.5. The maximum absolute atomic E-state index is 12.5. The summed E-state index contributed by atoms with van der Waals surface area (Å²) in [6, 6.07) is 1.29. The van der Waals surface area contributed by atoms with Gasteiger partial charge in [-0.2, -0.15) is 13.2 Å². The molecule has 0 saturated carbocycles. The van der Waals surface area contributed by atoms with Crippen molar-refractivity contribution in [1.29, 1.82) is 0 Å². The number of anilines is 2. The summed E-state index contributed by atoms with van der Waals surface area (Å²) in [5, 5.41) is 0. The highest BCUT2D eigenvalue weighted by atomic mass is 19.4. The number of aryl methyl sites for hydroxylation is 1. The van der Waals surface area contributed by atoms with Crippen LogP contribution in [-0.4, -0.2) is 0 Å². The molecule has 0 bridgehead atoms. The summed E-state index contributed by atoms with van der Waals surface area (Å²) >= 11 is 0. The molecule has 0 unspecified atom stereocenters. The molecule has 4 N–H and O–H groups in total. The average molecular weight is 204 g/mol. The Morgan fingerprint density at radius 3 is 2.07 bits per heavy atom. The van der Waals surface area contributed by atoms with E-state index < -0.39 is 11.7 Å². The van der Waals surface area contributed by atoms with Gasteiger partial charge in [0.2, 0.25) is 0 Å². The van der Waals surface area contributed by atoms with Crippen LogP contribution >= 0.6 is 0 Å². The highest BCUT2D eigenvalue weighted by molar-refractivity contribution is 5.68. The van der Waals surface area contributed by atoms with Gasteiger partial charge in [0.15, 0.2) is 0 Å². The van der Waals surface area contributed by atoms with Gasteiger partial charge in [-0.3, -0.25) is 0 Å². The number of hydrogen-bond donors (Lipinski definition) is 2. The summed E-state index contributed by atoms with van der Waals surface area (Å²) in [4.78, 5) is 0. The van der Waals surface area contributed by atoms with Gasteiger partial charge in [-0.15, -0.1) is 0 Å². The lowest BCUT2D eigenvalue weighted by molar-refractivity contribution is -0.137. The lowest BCUT2D eigenvalue weighted by Crippen LogP contribution is -2.13. The van der Waals surface area contributed by atoms with Crippen LogP contribution in [0.25, 0.3) is 0 Å². The molecule has 0 atom stereocenters. The molecule has 0 aliphatic rings. The number of rotatable bonds is 0. The minimum atomic E-state index is -4.42. The molecule has 0 amide bonds. The Labute approximate surface area is 79.7 Å². The lowest BCUT2D eigenvalue weighted by atomic mass is 10.0. The predicted octanol–water partition coefficient (Wildman–Crippen LogP) is 2.49. The standard InChI is InChI=1S/C9H11F3N2/c1-4-3-6(13)5(2)8(14)7(4)9(10,11)12/h3H,13-14H2,1-2H3. The second-order valence-corrected chi connectivity index (χ2v) is 3.19. The van der Waals surface area contributed by atoms with Crippen LogP contribution in [-0.2, 0) is 6.18 Å². The van der Waals surface area contributed by atoms with Crippen LogP contribution in [0.5, 0.6) is 0 Å². The average Bonchev–Trinajstić information content (AvgIpc) is 1.97. The Bertz CT molecular complexity index is 369. The van der Waals surface area contributed by atoms with E-state index in [0.717, 1.165) is 0 Å². The molecule has 0 radical (unpaired) electrons. The maximum atomic E-state index is 12.5. The van der Waals surface area contributed by atoms with E-state index in [-0.39, 0.29) is 22.5 Å². The smallest absolute Gasteiger partial charge is 0.398 e. The summed E-state index contributed by atoms with van der Waals surface area (Å²) in [6.45, 7) is 2.81. The van der Waals surface area contributed by atoms with E-state index in [1.807, 2.05) is 0 Å². The van der Waals surface area contributed by atoms with Crippen LogP contribution in [0.15, 0.2) is 6.07 Å². The van der Waals surface area contributed by atoms with Crippen molar-refractivity contribution in [3.05, 3.63) is 22.8 Å². The quantitative estimate of drug-likeness (QED) is 0.638. The van der Waals surface area contributed by atoms with Crippen LogP contribution in [0.2, 0.25) is 0 Å². The van der Waals surface area contributed by atoms with E-state index in [2.05, 4.69) is 0 Å². The number of nitrogens with two attached hydrogens (primary N) is 2. The topological polar surface area (TPSA) is 52.0 Å². The molecular formula is C9H11F3N2. The van der Waals surface area contributed by atoms with Crippen LogP contribution in [0.3, 0.4) is 0 Å². The molecule has 1 rings (SSSR count). The lowest BCUT2D eigenvalue weighted by Gasteiger charge is -2.16. The van der Waals surface area contributed by atoms with Crippen LogP contribution < -0.4 is 11.5 Å². The van der Waals surface area contributed by atoms with E-state index in [1.165, 1.54) is 19.9 Å². The molecular weight excluding hydrogens is 193 g/mol. The molecule has 0 aromatic heterocycles. The predicted molar refractivity (Wildman–Crippen MR) is 49.7 cm³/mol. The fourth-order valence-corrected chi connectivity index (χ4v) is 1.35. The second-order valence-electron chi connectivity index (χ2n) is 3.19. The SMILES string of the molecule is Cc1cc(N)c(C)c(N)c1C(F)(F)F. The van der Waals surface area contributed by atoms with E-state index in [9.17, 15) is 13.2 Å². The molecule has 0 aliphatic heterocycles. The van der Waals surface area contributed by atoms with Gasteiger partial charge in [-0.05, 0) is 31.0 Å². The molecule has 0 saturated heterocycles. The van der Waals surface area contributed by atoms with Crippen molar-refractivity contribution in [2.24, 2.45) is 0 Å². The summed E-state index contributed by atoms with van der Waals surface area (Å²) in [7, 11) is 0. The zero-order chi connectivity index (χ0) is 11.1. The highest BCUT2D eigenvalue weighted by Gasteiger charge is 2.35. The molecule has 0 heterocycles. The van der Waals surface area contributed by atoms with Crippen molar-refractivity contribution in [3.8, 4) is 0 Å². The van der Waals surface area contributed by atoms with Crippen LogP contribution in [0.1, 0.15) is 16.7 Å². The van der Waals surface area contributed by atoms with Crippen molar-refractivity contribution >= 4 is 11.4 Å². The summed E-state index contributed by atoms with van der Waals surface area (Å²) in [5.74, 6) is 0. The van der Waals surface area contributed by atoms with Crippen molar-refractivity contribution in [1.82, 2.24) is 0 Å².